The maximum Gasteiger partial charge on any atom is 0.234 e. The molecule has 4 fully saturated rings. The molecular weight excluding hydrogens is 374 g/mol. The highest BCUT2D eigenvalue weighted by molar-refractivity contribution is 5.61. The largest absolute Gasteiger partial charge is 0.475 e. The van der Waals surface area contributed by atoms with E-state index in [9.17, 15) is 5.26 Å². The third-order valence-corrected chi connectivity index (χ3v) is 8.36. The Hall–Kier alpha value is -1.84. The number of ether oxygens (including phenoxy) is 1. The molecule has 160 valence electrons. The maximum atomic E-state index is 9.98. The van der Waals surface area contributed by atoms with Crippen LogP contribution in [0.25, 0.3) is 0 Å². The monoisotopic (exact) mass is 407 g/mol. The molecule has 1 aromatic heterocycles. The van der Waals surface area contributed by atoms with Crippen molar-refractivity contribution < 1.29 is 4.74 Å². The normalized spacial score (nSPS) is 34.8. The van der Waals surface area contributed by atoms with Gasteiger partial charge < -0.3 is 19.9 Å². The molecule has 1 unspecified atom stereocenters. The molecule has 0 amide bonds. The van der Waals surface area contributed by atoms with E-state index in [0.717, 1.165) is 80.6 Å². The molecule has 3 aliphatic heterocycles. The van der Waals surface area contributed by atoms with Gasteiger partial charge in [-0.1, -0.05) is 0 Å². The molecular formula is C24H33N5O. The minimum absolute atomic E-state index is 0.428. The number of nitrogens with zero attached hydrogens (tertiary/aromatic N) is 4. The first-order valence-electron chi connectivity index (χ1n) is 12.0. The van der Waals surface area contributed by atoms with Crippen LogP contribution in [0.4, 0.5) is 5.82 Å². The Balaban J connectivity index is 1.34. The Labute approximate surface area is 179 Å². The van der Waals surface area contributed by atoms with Crippen molar-refractivity contribution in [1.82, 2.24) is 15.2 Å². The van der Waals surface area contributed by atoms with Crippen LogP contribution in [0.1, 0.15) is 48.8 Å². The van der Waals surface area contributed by atoms with Gasteiger partial charge in [0.15, 0.2) is 0 Å². The highest BCUT2D eigenvalue weighted by Crippen LogP contribution is 2.55. The molecule has 6 heteroatoms. The fourth-order valence-corrected chi connectivity index (χ4v) is 6.21. The summed E-state index contributed by atoms with van der Waals surface area (Å²) in [7, 11) is 2.17. The standard InChI is InChI=1S/C24H33N5O/c1-28-6-2-3-19(28)14-30-24-21(10-25)22-11-26-5-4-20(22)23(27-24)29-12-17-8-15(17)7-16-9-18(16)13-29/h15-19,26H,2-9,11-14H2,1H3/t15-,16?,17-,18+,19+/m1/s1. The average Bonchev–Trinajstić information content (AvgIpc) is 3.63. The molecule has 0 aromatic carbocycles. The van der Waals surface area contributed by atoms with Gasteiger partial charge in [-0.05, 0) is 87.9 Å². The lowest BCUT2D eigenvalue weighted by Crippen LogP contribution is -2.35. The van der Waals surface area contributed by atoms with Crippen molar-refractivity contribution in [1.29, 1.82) is 5.26 Å². The molecule has 2 aliphatic carbocycles. The zero-order chi connectivity index (χ0) is 20.2. The number of likely N-dealkylation sites (N-methyl/N-ethyl adjacent to an activating group) is 1. The number of anilines is 1. The van der Waals surface area contributed by atoms with Gasteiger partial charge in [0.05, 0.1) is 0 Å². The van der Waals surface area contributed by atoms with Gasteiger partial charge in [0.2, 0.25) is 5.88 Å². The molecule has 6 rings (SSSR count). The zero-order valence-corrected chi connectivity index (χ0v) is 18.1. The Morgan fingerprint density at radius 1 is 1.13 bits per heavy atom. The summed E-state index contributed by atoms with van der Waals surface area (Å²) in [4.78, 5) is 10.0. The van der Waals surface area contributed by atoms with E-state index in [1.807, 2.05) is 0 Å². The SMILES string of the molecule is CN1CCC[C@H]1COc1nc(N2C[C@@H]3CC3C[C@@H]3C[C@@H]3C2)c2c(c1C#N)CNCC2. The number of likely N-dealkylation sites (tertiary alicyclic amines) is 1. The fraction of sp³-hybridized carbons (Fsp3) is 0.750. The van der Waals surface area contributed by atoms with Gasteiger partial charge in [-0.25, -0.2) is 0 Å². The Morgan fingerprint density at radius 2 is 1.90 bits per heavy atom. The average molecular weight is 408 g/mol. The number of aromatic nitrogens is 1. The first-order valence-corrected chi connectivity index (χ1v) is 12.0. The van der Waals surface area contributed by atoms with Gasteiger partial charge in [-0.15, -0.1) is 0 Å². The number of rotatable bonds is 4. The van der Waals surface area contributed by atoms with E-state index < -0.39 is 0 Å². The maximum absolute atomic E-state index is 9.98. The van der Waals surface area contributed by atoms with Gasteiger partial charge in [-0.3, -0.25) is 0 Å². The highest BCUT2D eigenvalue weighted by Gasteiger charge is 2.49. The van der Waals surface area contributed by atoms with E-state index in [2.05, 4.69) is 28.2 Å². The Kier molecular flexibility index (Phi) is 4.65. The van der Waals surface area contributed by atoms with Crippen LogP contribution in [0.5, 0.6) is 5.88 Å². The molecule has 6 nitrogen and oxygen atoms in total. The molecule has 2 saturated heterocycles. The highest BCUT2D eigenvalue weighted by atomic mass is 16.5. The van der Waals surface area contributed by atoms with Crippen molar-refractivity contribution in [2.24, 2.45) is 23.7 Å². The molecule has 1 aromatic rings. The summed E-state index contributed by atoms with van der Waals surface area (Å²) < 4.78 is 6.28. The summed E-state index contributed by atoms with van der Waals surface area (Å²) in [6.07, 6.45) is 7.61. The summed E-state index contributed by atoms with van der Waals surface area (Å²) in [6, 6.07) is 2.87. The van der Waals surface area contributed by atoms with Crippen molar-refractivity contribution >= 4 is 5.82 Å². The lowest BCUT2D eigenvalue weighted by atomic mass is 9.96. The smallest absolute Gasteiger partial charge is 0.234 e. The molecule has 5 atom stereocenters. The van der Waals surface area contributed by atoms with Crippen LogP contribution in [-0.4, -0.2) is 55.8 Å². The summed E-state index contributed by atoms with van der Waals surface area (Å²) in [5.74, 6) is 5.28. The van der Waals surface area contributed by atoms with Crippen LogP contribution in [0.2, 0.25) is 0 Å². The second-order valence-electron chi connectivity index (χ2n) is 10.4. The van der Waals surface area contributed by atoms with E-state index >= 15 is 0 Å². The zero-order valence-electron chi connectivity index (χ0n) is 18.1. The lowest BCUT2D eigenvalue weighted by Gasteiger charge is -2.31. The predicted octanol–water partition coefficient (Wildman–Crippen LogP) is 2.55. The molecule has 2 saturated carbocycles. The number of hydrogen-bond acceptors (Lipinski definition) is 6. The summed E-state index contributed by atoms with van der Waals surface area (Å²) in [6.45, 7) is 5.74. The van der Waals surface area contributed by atoms with Crippen molar-refractivity contribution in [3.05, 3.63) is 16.7 Å². The Bertz CT molecular complexity index is 861. The Morgan fingerprint density at radius 3 is 2.60 bits per heavy atom. The van der Waals surface area contributed by atoms with Gasteiger partial charge >= 0.3 is 0 Å². The number of hydrogen-bond donors (Lipinski definition) is 1. The fourth-order valence-electron chi connectivity index (χ4n) is 6.21. The van der Waals surface area contributed by atoms with E-state index in [0.29, 0.717) is 24.1 Å². The molecule has 30 heavy (non-hydrogen) atoms. The van der Waals surface area contributed by atoms with E-state index in [1.54, 1.807) is 0 Å². The minimum Gasteiger partial charge on any atom is -0.475 e. The van der Waals surface area contributed by atoms with Crippen molar-refractivity contribution in [3.8, 4) is 11.9 Å². The molecule has 0 radical (unpaired) electrons. The van der Waals surface area contributed by atoms with Crippen molar-refractivity contribution in [2.75, 3.05) is 44.7 Å². The number of nitrogens with one attached hydrogen (secondary N) is 1. The van der Waals surface area contributed by atoms with Gasteiger partial charge in [0.1, 0.15) is 24.1 Å². The van der Waals surface area contributed by atoms with Crippen LogP contribution in [0.15, 0.2) is 0 Å². The third kappa shape index (κ3) is 3.36. The van der Waals surface area contributed by atoms with Crippen molar-refractivity contribution in [3.63, 3.8) is 0 Å². The molecule has 0 spiro atoms. The van der Waals surface area contributed by atoms with Crippen LogP contribution >= 0.6 is 0 Å². The second kappa shape index (κ2) is 7.39. The molecule has 0 bridgehead atoms. The lowest BCUT2D eigenvalue weighted by molar-refractivity contribution is 0.192. The first-order chi connectivity index (χ1) is 14.7. The predicted molar refractivity (Wildman–Crippen MR) is 116 cm³/mol. The first kappa shape index (κ1) is 18.9. The van der Waals surface area contributed by atoms with Crippen LogP contribution in [-0.2, 0) is 13.0 Å². The van der Waals surface area contributed by atoms with Gasteiger partial charge in [-0.2, -0.15) is 10.2 Å². The number of fused-ring (bicyclic) bond motifs is 3. The van der Waals surface area contributed by atoms with E-state index in [1.165, 1.54) is 31.2 Å². The molecule has 5 aliphatic rings. The number of pyridine rings is 1. The van der Waals surface area contributed by atoms with Crippen LogP contribution in [0.3, 0.4) is 0 Å². The van der Waals surface area contributed by atoms with E-state index in [4.69, 9.17) is 9.72 Å². The molecule has 4 heterocycles. The third-order valence-electron chi connectivity index (χ3n) is 8.36. The topological polar surface area (TPSA) is 64.4 Å². The van der Waals surface area contributed by atoms with Gasteiger partial charge in [0.25, 0.3) is 0 Å². The quantitative estimate of drug-likeness (QED) is 0.828. The summed E-state index contributed by atoms with van der Waals surface area (Å²) in [5, 5.41) is 13.4. The minimum atomic E-state index is 0.428. The number of nitriles is 1. The van der Waals surface area contributed by atoms with Crippen LogP contribution < -0.4 is 15.0 Å². The van der Waals surface area contributed by atoms with Crippen molar-refractivity contribution in [2.45, 2.75) is 51.1 Å². The van der Waals surface area contributed by atoms with Gasteiger partial charge in [0, 0.05) is 31.2 Å². The van der Waals surface area contributed by atoms with E-state index in [-0.39, 0.29) is 0 Å². The second-order valence-corrected chi connectivity index (χ2v) is 10.4. The summed E-state index contributed by atoms with van der Waals surface area (Å²) >= 11 is 0. The molecule has 1 N–H and O–H groups in total. The van der Waals surface area contributed by atoms with Crippen LogP contribution in [0, 0.1) is 35.0 Å². The summed E-state index contributed by atoms with van der Waals surface area (Å²) in [5.41, 5.74) is 3.08.